The summed E-state index contributed by atoms with van der Waals surface area (Å²) in [5, 5.41) is 17.9. The third kappa shape index (κ3) is 1.74. The predicted molar refractivity (Wildman–Crippen MR) is 57.4 cm³/mol. The molecule has 0 aliphatic heterocycles. The molecule has 80 valence electrons. The second-order valence-electron chi connectivity index (χ2n) is 5.62. The maximum absolute atomic E-state index is 8.95. The van der Waals surface area contributed by atoms with E-state index in [-0.39, 0.29) is 5.41 Å². The minimum Gasteiger partial charge on any atom is -0.198 e. The summed E-state index contributed by atoms with van der Waals surface area (Å²) in [5.74, 6) is 2.13. The van der Waals surface area contributed by atoms with E-state index in [4.69, 9.17) is 10.5 Å². The number of rotatable bonds is 3. The Labute approximate surface area is 91.9 Å². The van der Waals surface area contributed by atoms with Crippen LogP contribution in [0, 0.1) is 51.7 Å². The molecule has 15 heavy (non-hydrogen) atoms. The Morgan fingerprint density at radius 1 is 1.40 bits per heavy atom. The topological polar surface area (TPSA) is 47.6 Å². The number of hydrogen-bond acceptors (Lipinski definition) is 2. The molecule has 2 aliphatic carbocycles. The Hall–Kier alpha value is -1.02. The second kappa shape index (κ2) is 3.53. The lowest BCUT2D eigenvalue weighted by atomic mass is 9.67. The van der Waals surface area contributed by atoms with Crippen molar-refractivity contribution in [1.29, 1.82) is 10.5 Å². The summed E-state index contributed by atoms with van der Waals surface area (Å²) < 4.78 is 0. The van der Waals surface area contributed by atoms with Crippen LogP contribution in [0.3, 0.4) is 0 Å². The Balaban J connectivity index is 1.83. The predicted octanol–water partition coefficient (Wildman–Crippen LogP) is 3.11. The van der Waals surface area contributed by atoms with Gasteiger partial charge in [0.1, 0.15) is 0 Å². The first kappa shape index (κ1) is 10.5. The average molecular weight is 202 g/mol. The lowest BCUT2D eigenvalue weighted by Crippen LogP contribution is -2.30. The number of hydrogen-bond donors (Lipinski definition) is 0. The summed E-state index contributed by atoms with van der Waals surface area (Å²) in [6, 6.07) is 4.80. The van der Waals surface area contributed by atoms with Crippen molar-refractivity contribution in [2.75, 3.05) is 0 Å². The Bertz CT molecular complexity index is 335. The lowest BCUT2D eigenvalue weighted by Gasteiger charge is -2.36. The largest absolute Gasteiger partial charge is 0.198 e. The monoisotopic (exact) mass is 202 g/mol. The molecule has 5 unspecified atom stereocenters. The molecule has 0 bridgehead atoms. The highest BCUT2D eigenvalue weighted by molar-refractivity contribution is 5.13. The normalized spacial score (nSPS) is 44.7. The molecule has 2 aliphatic rings. The van der Waals surface area contributed by atoms with Crippen LogP contribution in [0.1, 0.15) is 39.5 Å². The van der Waals surface area contributed by atoms with Crippen molar-refractivity contribution in [3.63, 3.8) is 0 Å². The molecule has 0 aromatic heterocycles. The van der Waals surface area contributed by atoms with Crippen molar-refractivity contribution in [2.24, 2.45) is 29.1 Å². The van der Waals surface area contributed by atoms with Gasteiger partial charge in [-0.15, -0.1) is 0 Å². The first-order chi connectivity index (χ1) is 7.10. The SMILES string of the molecule is CC(CC1CC1(C)C#N)C1CCC1C#N. The average Bonchev–Trinajstić information content (AvgIpc) is 2.76. The molecule has 0 radical (unpaired) electrons. The van der Waals surface area contributed by atoms with Crippen LogP contribution in [0.25, 0.3) is 0 Å². The molecule has 0 heterocycles. The van der Waals surface area contributed by atoms with Gasteiger partial charge in [-0.25, -0.2) is 0 Å². The van der Waals surface area contributed by atoms with E-state index in [0.29, 0.717) is 23.7 Å². The van der Waals surface area contributed by atoms with Crippen LogP contribution in [0.15, 0.2) is 0 Å². The Morgan fingerprint density at radius 2 is 2.13 bits per heavy atom. The molecule has 0 N–H and O–H groups in total. The molecule has 0 amide bonds. The minimum absolute atomic E-state index is 0.0415. The van der Waals surface area contributed by atoms with E-state index in [1.807, 2.05) is 0 Å². The van der Waals surface area contributed by atoms with Gasteiger partial charge < -0.3 is 0 Å². The van der Waals surface area contributed by atoms with Crippen molar-refractivity contribution < 1.29 is 0 Å². The van der Waals surface area contributed by atoms with Gasteiger partial charge in [0.2, 0.25) is 0 Å². The summed E-state index contributed by atoms with van der Waals surface area (Å²) in [7, 11) is 0. The highest BCUT2D eigenvalue weighted by Crippen LogP contribution is 2.56. The van der Waals surface area contributed by atoms with Gasteiger partial charge in [-0.2, -0.15) is 10.5 Å². The lowest BCUT2D eigenvalue weighted by molar-refractivity contribution is 0.144. The minimum atomic E-state index is -0.0415. The van der Waals surface area contributed by atoms with Gasteiger partial charge in [0.25, 0.3) is 0 Å². The van der Waals surface area contributed by atoms with Crippen LogP contribution in [-0.4, -0.2) is 0 Å². The molecule has 2 fully saturated rings. The van der Waals surface area contributed by atoms with Gasteiger partial charge >= 0.3 is 0 Å². The fraction of sp³-hybridized carbons (Fsp3) is 0.846. The fourth-order valence-electron chi connectivity index (χ4n) is 2.92. The molecule has 5 atom stereocenters. The summed E-state index contributed by atoms with van der Waals surface area (Å²) >= 11 is 0. The van der Waals surface area contributed by atoms with Crippen molar-refractivity contribution >= 4 is 0 Å². The van der Waals surface area contributed by atoms with E-state index in [0.717, 1.165) is 19.3 Å². The molecule has 2 heteroatoms. The second-order valence-corrected chi connectivity index (χ2v) is 5.62. The van der Waals surface area contributed by atoms with Crippen LogP contribution in [0.2, 0.25) is 0 Å². The quantitative estimate of drug-likeness (QED) is 0.706. The maximum Gasteiger partial charge on any atom is 0.0689 e. The number of nitrogens with zero attached hydrogens (tertiary/aromatic N) is 2. The van der Waals surface area contributed by atoms with E-state index in [1.54, 1.807) is 0 Å². The highest BCUT2D eigenvalue weighted by atomic mass is 14.6. The molecule has 0 spiro atoms. The first-order valence-electron chi connectivity index (χ1n) is 5.91. The molecule has 0 saturated heterocycles. The molecular formula is C13H18N2. The number of nitriles is 2. The maximum atomic E-state index is 8.95. The van der Waals surface area contributed by atoms with Crippen LogP contribution < -0.4 is 0 Å². The zero-order valence-electron chi connectivity index (χ0n) is 9.53. The van der Waals surface area contributed by atoms with Crippen LogP contribution in [0.4, 0.5) is 0 Å². The van der Waals surface area contributed by atoms with Crippen molar-refractivity contribution in [3.05, 3.63) is 0 Å². The summed E-state index contributed by atoms with van der Waals surface area (Å²) in [4.78, 5) is 0. The molecular weight excluding hydrogens is 184 g/mol. The molecule has 2 saturated carbocycles. The van der Waals surface area contributed by atoms with Gasteiger partial charge in [-0.1, -0.05) is 6.92 Å². The van der Waals surface area contributed by atoms with Crippen LogP contribution >= 0.6 is 0 Å². The van der Waals surface area contributed by atoms with E-state index < -0.39 is 0 Å². The van der Waals surface area contributed by atoms with Gasteiger partial charge in [0, 0.05) is 5.92 Å². The smallest absolute Gasteiger partial charge is 0.0689 e. The van der Waals surface area contributed by atoms with Gasteiger partial charge in [-0.3, -0.25) is 0 Å². The van der Waals surface area contributed by atoms with Crippen molar-refractivity contribution in [2.45, 2.75) is 39.5 Å². The summed E-state index contributed by atoms with van der Waals surface area (Å²) in [6.45, 7) is 4.32. The summed E-state index contributed by atoms with van der Waals surface area (Å²) in [5.41, 5.74) is -0.0415. The van der Waals surface area contributed by atoms with Gasteiger partial charge in [0.15, 0.2) is 0 Å². The standard InChI is InChI=1S/C13H18N2/c1-9(12-4-3-10(12)7-14)5-11-6-13(11,2)8-15/h9-12H,3-6H2,1-2H3. The fourth-order valence-corrected chi connectivity index (χ4v) is 2.92. The molecule has 0 aromatic rings. The molecule has 2 nitrogen and oxygen atoms in total. The molecule has 0 aromatic carbocycles. The van der Waals surface area contributed by atoms with E-state index >= 15 is 0 Å². The third-order valence-electron chi connectivity index (χ3n) is 4.55. The van der Waals surface area contributed by atoms with Crippen molar-refractivity contribution in [1.82, 2.24) is 0 Å². The van der Waals surface area contributed by atoms with Crippen molar-refractivity contribution in [3.8, 4) is 12.1 Å². The first-order valence-corrected chi connectivity index (χ1v) is 5.91. The van der Waals surface area contributed by atoms with Crippen LogP contribution in [0.5, 0.6) is 0 Å². The van der Waals surface area contributed by atoms with Crippen LogP contribution in [-0.2, 0) is 0 Å². The summed E-state index contributed by atoms with van der Waals surface area (Å²) in [6.07, 6.45) is 4.52. The van der Waals surface area contributed by atoms with E-state index in [9.17, 15) is 0 Å². The highest BCUT2D eigenvalue weighted by Gasteiger charge is 2.51. The molecule has 2 rings (SSSR count). The van der Waals surface area contributed by atoms with E-state index in [1.165, 1.54) is 6.42 Å². The Kier molecular flexibility index (Phi) is 2.47. The Morgan fingerprint density at radius 3 is 2.53 bits per heavy atom. The van der Waals surface area contributed by atoms with Gasteiger partial charge in [0.05, 0.1) is 17.6 Å². The zero-order valence-corrected chi connectivity index (χ0v) is 9.53. The third-order valence-corrected chi connectivity index (χ3v) is 4.55. The van der Waals surface area contributed by atoms with E-state index in [2.05, 4.69) is 26.0 Å². The van der Waals surface area contributed by atoms with Gasteiger partial charge in [-0.05, 0) is 50.4 Å². The zero-order chi connectivity index (χ0) is 11.1.